The Labute approximate surface area is 106 Å². The molecule has 1 aromatic heterocycles. The third-order valence-corrected chi connectivity index (χ3v) is 3.50. The van der Waals surface area contributed by atoms with Gasteiger partial charge in [0.25, 0.3) is 5.56 Å². The molecule has 1 heterocycles. The fourth-order valence-corrected chi connectivity index (χ4v) is 2.15. The summed E-state index contributed by atoms with van der Waals surface area (Å²) in [7, 11) is 3.18. The average molecular weight is 251 g/mol. The van der Waals surface area contributed by atoms with Gasteiger partial charge in [0.2, 0.25) is 0 Å². The van der Waals surface area contributed by atoms with Crippen LogP contribution in [-0.2, 0) is 20.6 Å². The Morgan fingerprint density at radius 1 is 1.33 bits per heavy atom. The number of rotatable bonds is 6. The van der Waals surface area contributed by atoms with Crippen LogP contribution >= 0.6 is 0 Å². The Morgan fingerprint density at radius 2 is 2.06 bits per heavy atom. The first-order valence-corrected chi connectivity index (χ1v) is 6.56. The van der Waals surface area contributed by atoms with Crippen molar-refractivity contribution in [1.82, 2.24) is 14.5 Å². The third kappa shape index (κ3) is 3.10. The van der Waals surface area contributed by atoms with Crippen molar-refractivity contribution in [1.29, 1.82) is 0 Å². The van der Waals surface area contributed by atoms with E-state index >= 15 is 0 Å². The highest BCUT2D eigenvalue weighted by atomic mass is 16.2. The number of hydrogen-bond donors (Lipinski definition) is 1. The standard InChI is InChI=1S/C13H21N3O2/c1-15-9-11(12(17)16(2)13(15)18)8-14-7-3-4-10-5-6-10/h9-10,14H,3-8H2,1-2H3. The Bertz CT molecular complexity index is 526. The lowest BCUT2D eigenvalue weighted by molar-refractivity contribution is 0.581. The van der Waals surface area contributed by atoms with Crippen LogP contribution in [0.4, 0.5) is 0 Å². The topological polar surface area (TPSA) is 56.0 Å². The minimum absolute atomic E-state index is 0.201. The molecule has 0 spiro atoms. The van der Waals surface area contributed by atoms with Crippen molar-refractivity contribution in [2.45, 2.75) is 32.2 Å². The Balaban J connectivity index is 1.88. The summed E-state index contributed by atoms with van der Waals surface area (Å²) in [5, 5.41) is 3.27. The lowest BCUT2D eigenvalue weighted by atomic mass is 10.2. The summed E-state index contributed by atoms with van der Waals surface area (Å²) >= 11 is 0. The number of nitrogens with zero attached hydrogens (tertiary/aromatic N) is 2. The van der Waals surface area contributed by atoms with E-state index in [9.17, 15) is 9.59 Å². The van der Waals surface area contributed by atoms with Crippen molar-refractivity contribution in [3.8, 4) is 0 Å². The molecule has 2 rings (SSSR count). The van der Waals surface area contributed by atoms with E-state index in [0.717, 1.165) is 23.5 Å². The second-order valence-electron chi connectivity index (χ2n) is 5.17. The maximum absolute atomic E-state index is 11.8. The van der Waals surface area contributed by atoms with E-state index in [1.54, 1.807) is 13.2 Å². The molecule has 1 aliphatic rings. The zero-order chi connectivity index (χ0) is 13.1. The van der Waals surface area contributed by atoms with Crippen LogP contribution in [0, 0.1) is 5.92 Å². The summed E-state index contributed by atoms with van der Waals surface area (Å²) in [6.45, 7) is 1.47. The molecule has 1 aromatic rings. The van der Waals surface area contributed by atoms with E-state index in [1.807, 2.05) is 0 Å². The summed E-state index contributed by atoms with van der Waals surface area (Å²) in [5.74, 6) is 0.956. The van der Waals surface area contributed by atoms with Gasteiger partial charge in [0.1, 0.15) is 0 Å². The van der Waals surface area contributed by atoms with Crippen LogP contribution in [0.25, 0.3) is 0 Å². The maximum Gasteiger partial charge on any atom is 0.330 e. The summed E-state index contributed by atoms with van der Waals surface area (Å²) in [6, 6.07) is 0. The molecule has 1 saturated carbocycles. The lowest BCUT2D eigenvalue weighted by Gasteiger charge is -2.07. The van der Waals surface area contributed by atoms with Crippen molar-refractivity contribution in [2.24, 2.45) is 20.0 Å². The molecule has 5 nitrogen and oxygen atoms in total. The first kappa shape index (κ1) is 13.1. The Kier molecular flexibility index (Phi) is 4.01. The summed E-state index contributed by atoms with van der Waals surface area (Å²) in [4.78, 5) is 23.3. The van der Waals surface area contributed by atoms with E-state index in [-0.39, 0.29) is 11.2 Å². The van der Waals surface area contributed by atoms with Gasteiger partial charge in [0.15, 0.2) is 0 Å². The van der Waals surface area contributed by atoms with Gasteiger partial charge >= 0.3 is 5.69 Å². The zero-order valence-corrected chi connectivity index (χ0v) is 11.1. The molecule has 100 valence electrons. The average Bonchev–Trinajstić information content (AvgIpc) is 3.16. The molecule has 0 aromatic carbocycles. The van der Waals surface area contributed by atoms with Gasteiger partial charge in [-0.3, -0.25) is 9.36 Å². The van der Waals surface area contributed by atoms with Gasteiger partial charge in [-0.2, -0.15) is 0 Å². The molecule has 0 unspecified atom stereocenters. The fourth-order valence-electron chi connectivity index (χ4n) is 2.15. The minimum atomic E-state index is -0.280. The van der Waals surface area contributed by atoms with Gasteiger partial charge in [-0.15, -0.1) is 0 Å². The van der Waals surface area contributed by atoms with Crippen molar-refractivity contribution >= 4 is 0 Å². The molecule has 0 amide bonds. The molecule has 18 heavy (non-hydrogen) atoms. The van der Waals surface area contributed by atoms with Crippen LogP contribution in [0.5, 0.6) is 0 Å². The van der Waals surface area contributed by atoms with Crippen molar-refractivity contribution in [3.05, 3.63) is 32.6 Å². The summed E-state index contributed by atoms with van der Waals surface area (Å²) in [5.41, 5.74) is 0.163. The first-order valence-electron chi connectivity index (χ1n) is 6.56. The van der Waals surface area contributed by atoms with Crippen LogP contribution < -0.4 is 16.6 Å². The van der Waals surface area contributed by atoms with Gasteiger partial charge in [-0.05, 0) is 25.3 Å². The van der Waals surface area contributed by atoms with Gasteiger partial charge in [0, 0.05) is 32.4 Å². The molecule has 0 radical (unpaired) electrons. The normalized spacial score (nSPS) is 15.0. The number of nitrogens with one attached hydrogen (secondary N) is 1. The molecule has 0 atom stereocenters. The van der Waals surface area contributed by atoms with Crippen LogP contribution in [0.3, 0.4) is 0 Å². The highest BCUT2D eigenvalue weighted by Crippen LogP contribution is 2.33. The monoisotopic (exact) mass is 251 g/mol. The fraction of sp³-hybridized carbons (Fsp3) is 0.692. The van der Waals surface area contributed by atoms with E-state index in [1.165, 1.54) is 30.9 Å². The molecular weight excluding hydrogens is 230 g/mol. The lowest BCUT2D eigenvalue weighted by Crippen LogP contribution is -2.39. The molecule has 1 aliphatic carbocycles. The highest BCUT2D eigenvalue weighted by Gasteiger charge is 2.19. The van der Waals surface area contributed by atoms with E-state index in [2.05, 4.69) is 5.32 Å². The first-order chi connectivity index (χ1) is 8.59. The number of aromatic nitrogens is 2. The van der Waals surface area contributed by atoms with Crippen LogP contribution in [0.1, 0.15) is 31.2 Å². The third-order valence-electron chi connectivity index (χ3n) is 3.50. The number of hydrogen-bond acceptors (Lipinski definition) is 3. The molecule has 1 fully saturated rings. The summed E-state index contributed by atoms with van der Waals surface area (Å²) in [6.07, 6.45) is 6.86. The van der Waals surface area contributed by atoms with Gasteiger partial charge < -0.3 is 9.88 Å². The minimum Gasteiger partial charge on any atom is -0.312 e. The van der Waals surface area contributed by atoms with Gasteiger partial charge in [0.05, 0.1) is 0 Å². The molecule has 1 N–H and O–H groups in total. The van der Waals surface area contributed by atoms with Crippen LogP contribution in [0.2, 0.25) is 0 Å². The van der Waals surface area contributed by atoms with Crippen molar-refractivity contribution < 1.29 is 0 Å². The van der Waals surface area contributed by atoms with Gasteiger partial charge in [-0.25, -0.2) is 4.79 Å². The number of aryl methyl sites for hydroxylation is 1. The molecule has 0 bridgehead atoms. The van der Waals surface area contributed by atoms with Gasteiger partial charge in [-0.1, -0.05) is 12.8 Å². The SMILES string of the molecule is Cn1cc(CNCCCC2CC2)c(=O)n(C)c1=O. The predicted octanol–water partition coefficient (Wildman–Crippen LogP) is 0.364. The molecule has 5 heteroatoms. The Hall–Kier alpha value is -1.36. The molecule has 0 aliphatic heterocycles. The van der Waals surface area contributed by atoms with E-state index in [4.69, 9.17) is 0 Å². The van der Waals surface area contributed by atoms with E-state index < -0.39 is 0 Å². The quantitative estimate of drug-likeness (QED) is 0.743. The van der Waals surface area contributed by atoms with Crippen molar-refractivity contribution in [3.63, 3.8) is 0 Å². The zero-order valence-electron chi connectivity index (χ0n) is 11.1. The van der Waals surface area contributed by atoms with Crippen LogP contribution in [0.15, 0.2) is 15.8 Å². The second kappa shape index (κ2) is 5.52. The second-order valence-corrected chi connectivity index (χ2v) is 5.17. The Morgan fingerprint density at radius 3 is 2.72 bits per heavy atom. The molecule has 0 saturated heterocycles. The highest BCUT2D eigenvalue weighted by molar-refractivity contribution is 5.05. The van der Waals surface area contributed by atoms with Crippen LogP contribution in [-0.4, -0.2) is 15.7 Å². The van der Waals surface area contributed by atoms with E-state index in [0.29, 0.717) is 12.1 Å². The predicted molar refractivity (Wildman–Crippen MR) is 70.6 cm³/mol. The largest absolute Gasteiger partial charge is 0.330 e. The smallest absolute Gasteiger partial charge is 0.312 e. The summed E-state index contributed by atoms with van der Waals surface area (Å²) < 4.78 is 2.60. The molecular formula is C13H21N3O2. The maximum atomic E-state index is 11.8. The van der Waals surface area contributed by atoms with Crippen molar-refractivity contribution in [2.75, 3.05) is 6.54 Å².